The van der Waals surface area contributed by atoms with Crippen molar-refractivity contribution in [1.29, 1.82) is 0 Å². The van der Waals surface area contributed by atoms with Gasteiger partial charge in [-0.3, -0.25) is 0 Å². The molecule has 1 aliphatic heterocycles. The van der Waals surface area contributed by atoms with Crippen molar-refractivity contribution >= 4 is 0 Å². The lowest BCUT2D eigenvalue weighted by Crippen LogP contribution is -2.49. The van der Waals surface area contributed by atoms with Gasteiger partial charge in [-0.2, -0.15) is 0 Å². The maximum Gasteiger partial charge on any atom is 0.137 e. The fourth-order valence-corrected chi connectivity index (χ4v) is 2.26. The van der Waals surface area contributed by atoms with Gasteiger partial charge in [0.05, 0.1) is 6.61 Å². The number of rotatable bonds is 5. The molecule has 1 fully saturated rings. The number of benzene rings is 1. The summed E-state index contributed by atoms with van der Waals surface area (Å²) in [6.45, 7) is 6.21. The summed E-state index contributed by atoms with van der Waals surface area (Å²) in [7, 11) is 0. The first-order chi connectivity index (χ1) is 9.20. The third kappa shape index (κ3) is 3.91. The van der Waals surface area contributed by atoms with E-state index < -0.39 is 0 Å². The van der Waals surface area contributed by atoms with Crippen LogP contribution in [-0.4, -0.2) is 31.9 Å². The van der Waals surface area contributed by atoms with Gasteiger partial charge >= 0.3 is 0 Å². The van der Waals surface area contributed by atoms with Crippen LogP contribution in [0.1, 0.15) is 25.3 Å². The number of hydrogen-bond donors (Lipinski definition) is 1. The lowest BCUT2D eigenvalue weighted by atomic mass is 10.1. The molecule has 2 rings (SSSR count). The highest BCUT2D eigenvalue weighted by atomic mass is 19.1. The average molecular weight is 267 g/mol. The first-order valence-corrected chi connectivity index (χ1v) is 6.94. The zero-order chi connectivity index (χ0) is 13.7. The van der Waals surface area contributed by atoms with Gasteiger partial charge in [0, 0.05) is 12.6 Å². The number of halogens is 1. The Morgan fingerprint density at radius 2 is 2.32 bits per heavy atom. The molecule has 1 aromatic carbocycles. The predicted octanol–water partition coefficient (Wildman–Crippen LogP) is 2.67. The van der Waals surface area contributed by atoms with Crippen molar-refractivity contribution in [2.45, 2.75) is 38.8 Å². The lowest BCUT2D eigenvalue weighted by molar-refractivity contribution is -0.0146. The monoisotopic (exact) mass is 267 g/mol. The third-order valence-electron chi connectivity index (χ3n) is 3.38. The number of aryl methyl sites for hydroxylation is 1. The smallest absolute Gasteiger partial charge is 0.137 e. The zero-order valence-corrected chi connectivity index (χ0v) is 11.6. The topological polar surface area (TPSA) is 30.5 Å². The Morgan fingerprint density at radius 3 is 3.05 bits per heavy atom. The van der Waals surface area contributed by atoms with Gasteiger partial charge in [-0.15, -0.1) is 0 Å². The molecule has 1 aliphatic rings. The highest BCUT2D eigenvalue weighted by Gasteiger charge is 2.26. The Balaban J connectivity index is 1.99. The summed E-state index contributed by atoms with van der Waals surface area (Å²) >= 11 is 0. The van der Waals surface area contributed by atoms with E-state index in [0.717, 1.165) is 26.0 Å². The van der Waals surface area contributed by atoms with Crippen LogP contribution in [0, 0.1) is 12.7 Å². The van der Waals surface area contributed by atoms with Gasteiger partial charge in [-0.05, 0) is 50.1 Å². The Kier molecular flexibility index (Phi) is 5.16. The van der Waals surface area contributed by atoms with Gasteiger partial charge in [-0.25, -0.2) is 4.39 Å². The van der Waals surface area contributed by atoms with Gasteiger partial charge < -0.3 is 14.8 Å². The minimum Gasteiger partial charge on any atom is -0.486 e. The number of nitrogens with one attached hydrogen (secondary N) is 1. The highest BCUT2D eigenvalue weighted by molar-refractivity contribution is 5.29. The van der Waals surface area contributed by atoms with Gasteiger partial charge in [0.1, 0.15) is 17.7 Å². The molecule has 2 unspecified atom stereocenters. The molecule has 0 aromatic heterocycles. The van der Waals surface area contributed by atoms with E-state index in [1.165, 1.54) is 6.07 Å². The van der Waals surface area contributed by atoms with Crippen LogP contribution in [0.2, 0.25) is 0 Å². The summed E-state index contributed by atoms with van der Waals surface area (Å²) in [6.07, 6.45) is 2.04. The molecule has 19 heavy (non-hydrogen) atoms. The fourth-order valence-electron chi connectivity index (χ4n) is 2.26. The molecule has 1 N–H and O–H groups in total. The van der Waals surface area contributed by atoms with E-state index in [9.17, 15) is 4.39 Å². The SMILES string of the molecule is CCCNC1CCOCC1Oc1ccc(F)c(C)c1. The molecule has 3 nitrogen and oxygen atoms in total. The molecule has 1 aromatic rings. The van der Waals surface area contributed by atoms with Crippen molar-refractivity contribution in [3.63, 3.8) is 0 Å². The van der Waals surface area contributed by atoms with Gasteiger partial charge in [0.25, 0.3) is 0 Å². The molecule has 0 aliphatic carbocycles. The summed E-state index contributed by atoms with van der Waals surface area (Å²) in [5, 5.41) is 3.49. The van der Waals surface area contributed by atoms with Crippen LogP contribution in [0.5, 0.6) is 5.75 Å². The first kappa shape index (κ1) is 14.3. The minimum atomic E-state index is -0.201. The van der Waals surface area contributed by atoms with E-state index in [0.29, 0.717) is 24.0 Å². The fraction of sp³-hybridized carbons (Fsp3) is 0.600. The summed E-state index contributed by atoms with van der Waals surface area (Å²) in [5.74, 6) is 0.505. The number of hydrogen-bond acceptors (Lipinski definition) is 3. The normalized spacial score (nSPS) is 23.3. The molecular weight excluding hydrogens is 245 g/mol. The van der Waals surface area contributed by atoms with Gasteiger partial charge in [-0.1, -0.05) is 6.92 Å². The standard InChI is InChI=1S/C15H22FNO2/c1-3-7-17-14-6-8-18-10-15(14)19-12-4-5-13(16)11(2)9-12/h4-5,9,14-15,17H,3,6-8,10H2,1-2H3. The van der Waals surface area contributed by atoms with E-state index in [1.54, 1.807) is 19.1 Å². The molecule has 0 radical (unpaired) electrons. The van der Waals surface area contributed by atoms with Crippen LogP contribution in [-0.2, 0) is 4.74 Å². The van der Waals surface area contributed by atoms with Crippen LogP contribution in [0.3, 0.4) is 0 Å². The number of ether oxygens (including phenoxy) is 2. The van der Waals surface area contributed by atoms with Crippen LogP contribution in [0.15, 0.2) is 18.2 Å². The largest absolute Gasteiger partial charge is 0.486 e. The Bertz CT molecular complexity index is 411. The second-order valence-corrected chi connectivity index (χ2v) is 4.99. The molecule has 0 spiro atoms. The molecule has 1 heterocycles. The molecule has 4 heteroatoms. The van der Waals surface area contributed by atoms with E-state index in [4.69, 9.17) is 9.47 Å². The third-order valence-corrected chi connectivity index (χ3v) is 3.38. The second kappa shape index (κ2) is 6.87. The van der Waals surface area contributed by atoms with Crippen molar-refractivity contribution < 1.29 is 13.9 Å². The van der Waals surface area contributed by atoms with Crippen LogP contribution in [0.25, 0.3) is 0 Å². The lowest BCUT2D eigenvalue weighted by Gasteiger charge is -2.32. The van der Waals surface area contributed by atoms with Crippen LogP contribution < -0.4 is 10.1 Å². The zero-order valence-electron chi connectivity index (χ0n) is 11.6. The van der Waals surface area contributed by atoms with Crippen molar-refractivity contribution in [3.8, 4) is 5.75 Å². The average Bonchev–Trinajstić information content (AvgIpc) is 2.42. The molecular formula is C15H22FNO2. The Labute approximate surface area is 114 Å². The first-order valence-electron chi connectivity index (χ1n) is 6.94. The van der Waals surface area contributed by atoms with Crippen molar-refractivity contribution in [1.82, 2.24) is 5.32 Å². The van der Waals surface area contributed by atoms with E-state index in [2.05, 4.69) is 12.2 Å². The maximum atomic E-state index is 13.2. The molecule has 0 amide bonds. The van der Waals surface area contributed by atoms with Gasteiger partial charge in [0.2, 0.25) is 0 Å². The van der Waals surface area contributed by atoms with E-state index in [-0.39, 0.29) is 11.9 Å². The van der Waals surface area contributed by atoms with E-state index in [1.807, 2.05) is 0 Å². The van der Waals surface area contributed by atoms with Crippen LogP contribution >= 0.6 is 0 Å². The molecule has 106 valence electrons. The van der Waals surface area contributed by atoms with Crippen molar-refractivity contribution in [3.05, 3.63) is 29.6 Å². The second-order valence-electron chi connectivity index (χ2n) is 4.99. The molecule has 0 saturated carbocycles. The molecule has 2 atom stereocenters. The quantitative estimate of drug-likeness (QED) is 0.889. The summed E-state index contributed by atoms with van der Waals surface area (Å²) in [4.78, 5) is 0. The predicted molar refractivity (Wildman–Crippen MR) is 73.1 cm³/mol. The summed E-state index contributed by atoms with van der Waals surface area (Å²) in [5.41, 5.74) is 0.604. The summed E-state index contributed by atoms with van der Waals surface area (Å²) in [6, 6.07) is 5.16. The minimum absolute atomic E-state index is 0.00911. The van der Waals surface area contributed by atoms with Gasteiger partial charge in [0.15, 0.2) is 0 Å². The van der Waals surface area contributed by atoms with Crippen molar-refractivity contribution in [2.75, 3.05) is 19.8 Å². The summed E-state index contributed by atoms with van der Waals surface area (Å²) < 4.78 is 24.7. The van der Waals surface area contributed by atoms with Crippen molar-refractivity contribution in [2.24, 2.45) is 0 Å². The van der Waals surface area contributed by atoms with Crippen LogP contribution in [0.4, 0.5) is 4.39 Å². The van der Waals surface area contributed by atoms with E-state index >= 15 is 0 Å². The molecule has 1 saturated heterocycles. The Morgan fingerprint density at radius 1 is 1.47 bits per heavy atom. The maximum absolute atomic E-state index is 13.2. The molecule has 0 bridgehead atoms. The Hall–Kier alpha value is -1.13. The highest BCUT2D eigenvalue weighted by Crippen LogP contribution is 2.20.